The van der Waals surface area contributed by atoms with Gasteiger partial charge in [-0.1, -0.05) is 6.92 Å². The Kier molecular flexibility index (Phi) is 5.99. The summed E-state index contributed by atoms with van der Waals surface area (Å²) in [6.07, 6.45) is 1.52. The van der Waals surface area contributed by atoms with Crippen molar-refractivity contribution in [1.82, 2.24) is 19.9 Å². The first kappa shape index (κ1) is 16.2. The van der Waals surface area contributed by atoms with E-state index in [0.717, 1.165) is 12.2 Å². The van der Waals surface area contributed by atoms with Crippen LogP contribution in [0.4, 0.5) is 0 Å². The molecule has 0 amide bonds. The zero-order valence-electron chi connectivity index (χ0n) is 12.0. The molecular weight excluding hydrogens is 264 g/mol. The Bertz CT molecular complexity index is 482. The van der Waals surface area contributed by atoms with E-state index in [-0.39, 0.29) is 10.9 Å². The second-order valence-corrected chi connectivity index (χ2v) is 6.57. The van der Waals surface area contributed by atoms with Crippen molar-refractivity contribution in [3.63, 3.8) is 0 Å². The summed E-state index contributed by atoms with van der Waals surface area (Å²) >= 11 is 0. The van der Waals surface area contributed by atoms with Crippen LogP contribution in [0.25, 0.3) is 0 Å². The maximum atomic E-state index is 12.1. The van der Waals surface area contributed by atoms with Gasteiger partial charge >= 0.3 is 0 Å². The average molecular weight is 288 g/mol. The van der Waals surface area contributed by atoms with E-state index in [0.29, 0.717) is 13.1 Å². The van der Waals surface area contributed by atoms with Crippen molar-refractivity contribution in [1.29, 1.82) is 0 Å². The quantitative estimate of drug-likeness (QED) is 0.645. The molecule has 0 fully saturated rings. The smallest absolute Gasteiger partial charge is 0.242 e. The van der Waals surface area contributed by atoms with Crippen LogP contribution in [0.5, 0.6) is 0 Å². The molecule has 3 N–H and O–H groups in total. The van der Waals surface area contributed by atoms with E-state index in [9.17, 15) is 8.42 Å². The number of nitrogens with one attached hydrogen (secondary N) is 3. The van der Waals surface area contributed by atoms with Crippen LogP contribution in [0.15, 0.2) is 17.2 Å². The van der Waals surface area contributed by atoms with E-state index < -0.39 is 10.0 Å². The highest BCUT2D eigenvalue weighted by molar-refractivity contribution is 7.89. The van der Waals surface area contributed by atoms with Gasteiger partial charge in [0.05, 0.1) is 4.90 Å². The Morgan fingerprint density at radius 3 is 2.68 bits per heavy atom. The highest BCUT2D eigenvalue weighted by Crippen LogP contribution is 2.10. The number of sulfonamides is 1. The van der Waals surface area contributed by atoms with Gasteiger partial charge in [0.1, 0.15) is 0 Å². The lowest BCUT2D eigenvalue weighted by Gasteiger charge is -2.19. The molecule has 1 heterocycles. The average Bonchev–Trinajstić information content (AvgIpc) is 2.82. The van der Waals surface area contributed by atoms with Crippen molar-refractivity contribution in [3.05, 3.63) is 18.0 Å². The van der Waals surface area contributed by atoms with Crippen LogP contribution in [-0.4, -0.2) is 51.5 Å². The van der Waals surface area contributed by atoms with Crippen LogP contribution in [0, 0.1) is 0 Å². The zero-order chi connectivity index (χ0) is 14.5. The third-order valence-corrected chi connectivity index (χ3v) is 4.45. The molecule has 6 nitrogen and oxygen atoms in total. The minimum atomic E-state index is -3.43. The van der Waals surface area contributed by atoms with Gasteiger partial charge in [0.2, 0.25) is 10.0 Å². The first-order valence-corrected chi connectivity index (χ1v) is 7.89. The van der Waals surface area contributed by atoms with Gasteiger partial charge in [0, 0.05) is 31.0 Å². The molecule has 1 atom stereocenters. The highest BCUT2D eigenvalue weighted by Gasteiger charge is 2.17. The maximum absolute atomic E-state index is 12.1. The number of hydrogen-bond acceptors (Lipinski definition) is 4. The lowest BCUT2D eigenvalue weighted by molar-refractivity contribution is 0.314. The van der Waals surface area contributed by atoms with Gasteiger partial charge < -0.3 is 15.2 Å². The largest absolute Gasteiger partial charge is 0.363 e. The van der Waals surface area contributed by atoms with Crippen molar-refractivity contribution in [2.24, 2.45) is 0 Å². The fraction of sp³-hybridized carbons (Fsp3) is 0.667. The van der Waals surface area contributed by atoms with Crippen molar-refractivity contribution >= 4 is 10.0 Å². The minimum Gasteiger partial charge on any atom is -0.363 e. The topological polar surface area (TPSA) is 77.2 Å². The predicted octanol–water partition coefficient (Wildman–Crippen LogP) is 0.353. The maximum Gasteiger partial charge on any atom is 0.242 e. The van der Waals surface area contributed by atoms with Crippen molar-refractivity contribution < 1.29 is 8.42 Å². The minimum absolute atomic E-state index is 0.148. The Hall–Kier alpha value is -0.890. The summed E-state index contributed by atoms with van der Waals surface area (Å²) in [4.78, 5) is 5.22. The molecule has 0 radical (unpaired) electrons. The van der Waals surface area contributed by atoms with Crippen molar-refractivity contribution in [2.45, 2.75) is 31.3 Å². The third kappa shape index (κ3) is 4.94. The number of aromatic amines is 1. The van der Waals surface area contributed by atoms with E-state index in [2.05, 4.69) is 15.0 Å². The number of aromatic nitrogens is 1. The molecule has 0 aliphatic heterocycles. The number of H-pyrrole nitrogens is 1. The zero-order valence-corrected chi connectivity index (χ0v) is 12.8. The fourth-order valence-corrected chi connectivity index (χ4v) is 2.57. The molecule has 0 aromatic carbocycles. The standard InChI is InChI=1S/C12H24N4O2S/c1-5-13-8-11-6-12(9-14-11)19(17,18)15-7-10(2)16(3)4/h6,9-10,13-15H,5,7-8H2,1-4H3. The second kappa shape index (κ2) is 7.04. The van der Waals surface area contributed by atoms with E-state index >= 15 is 0 Å². The third-order valence-electron chi connectivity index (χ3n) is 3.04. The second-order valence-electron chi connectivity index (χ2n) is 4.81. The molecular formula is C12H24N4O2S. The summed E-state index contributed by atoms with van der Waals surface area (Å²) in [5.41, 5.74) is 0.864. The summed E-state index contributed by atoms with van der Waals surface area (Å²) < 4.78 is 26.8. The van der Waals surface area contributed by atoms with Crippen molar-refractivity contribution in [3.8, 4) is 0 Å². The highest BCUT2D eigenvalue weighted by atomic mass is 32.2. The lowest BCUT2D eigenvalue weighted by Crippen LogP contribution is -2.38. The van der Waals surface area contributed by atoms with Crippen LogP contribution in [0.1, 0.15) is 19.5 Å². The molecule has 7 heteroatoms. The molecule has 0 aliphatic carbocycles. The van der Waals surface area contributed by atoms with Gasteiger partial charge in [-0.05, 0) is 33.6 Å². The summed E-state index contributed by atoms with van der Waals surface area (Å²) in [6.45, 7) is 5.85. The van der Waals surface area contributed by atoms with Crippen LogP contribution >= 0.6 is 0 Å². The molecule has 0 aliphatic rings. The van der Waals surface area contributed by atoms with Gasteiger partial charge in [-0.3, -0.25) is 0 Å². The lowest BCUT2D eigenvalue weighted by atomic mass is 10.3. The predicted molar refractivity (Wildman–Crippen MR) is 76.5 cm³/mol. The number of likely N-dealkylation sites (N-methyl/N-ethyl adjacent to an activating group) is 1. The van der Waals surface area contributed by atoms with Gasteiger partial charge in [-0.15, -0.1) is 0 Å². The molecule has 110 valence electrons. The summed E-state index contributed by atoms with van der Waals surface area (Å²) in [7, 11) is 0.412. The fourth-order valence-electron chi connectivity index (χ4n) is 1.43. The first-order chi connectivity index (χ1) is 8.86. The van der Waals surface area contributed by atoms with Gasteiger partial charge in [-0.25, -0.2) is 13.1 Å². The Balaban J connectivity index is 2.64. The van der Waals surface area contributed by atoms with Crippen LogP contribution in [0.3, 0.4) is 0 Å². The molecule has 0 saturated heterocycles. The molecule has 0 spiro atoms. The Morgan fingerprint density at radius 1 is 1.42 bits per heavy atom. The molecule has 0 saturated carbocycles. The molecule has 1 aromatic heterocycles. The number of hydrogen-bond donors (Lipinski definition) is 3. The first-order valence-electron chi connectivity index (χ1n) is 6.41. The Labute approximate surface area is 115 Å². The van der Waals surface area contributed by atoms with E-state index in [4.69, 9.17) is 0 Å². The molecule has 1 rings (SSSR count). The molecule has 19 heavy (non-hydrogen) atoms. The van der Waals surface area contributed by atoms with E-state index in [1.54, 1.807) is 6.07 Å². The normalized spacial score (nSPS) is 13.9. The molecule has 1 aromatic rings. The van der Waals surface area contributed by atoms with E-state index in [1.165, 1.54) is 6.20 Å². The van der Waals surface area contributed by atoms with Gasteiger partial charge in [0.25, 0.3) is 0 Å². The Morgan fingerprint density at radius 2 is 2.11 bits per heavy atom. The van der Waals surface area contributed by atoms with Crippen molar-refractivity contribution in [2.75, 3.05) is 27.2 Å². The molecule has 0 bridgehead atoms. The SMILES string of the molecule is CCNCc1cc(S(=O)(=O)NCC(C)N(C)C)c[nH]1. The number of nitrogens with zero attached hydrogens (tertiary/aromatic N) is 1. The summed E-state index contributed by atoms with van der Waals surface area (Å²) in [6, 6.07) is 1.81. The number of rotatable bonds is 8. The van der Waals surface area contributed by atoms with Gasteiger partial charge in [0.15, 0.2) is 0 Å². The van der Waals surface area contributed by atoms with Gasteiger partial charge in [-0.2, -0.15) is 0 Å². The molecule has 1 unspecified atom stereocenters. The van der Waals surface area contributed by atoms with Crippen LogP contribution in [-0.2, 0) is 16.6 Å². The summed E-state index contributed by atoms with van der Waals surface area (Å²) in [5, 5.41) is 3.14. The monoisotopic (exact) mass is 288 g/mol. The van der Waals surface area contributed by atoms with Crippen LogP contribution in [0.2, 0.25) is 0 Å². The van der Waals surface area contributed by atoms with Crippen LogP contribution < -0.4 is 10.0 Å². The summed E-state index contributed by atoms with van der Waals surface area (Å²) in [5.74, 6) is 0. The van der Waals surface area contributed by atoms with E-state index in [1.807, 2.05) is 32.8 Å².